The molecule has 0 fully saturated rings. The molecule has 4 aromatic carbocycles. The van der Waals surface area contributed by atoms with Crippen LogP contribution < -0.4 is 4.74 Å². The second-order valence-electron chi connectivity index (χ2n) is 8.53. The molecule has 7 nitrogen and oxygen atoms in total. The third kappa shape index (κ3) is 2.63. The average molecular weight is 458 g/mol. The van der Waals surface area contributed by atoms with Crippen LogP contribution in [0, 0.1) is 0 Å². The molecule has 0 bridgehead atoms. The summed E-state index contributed by atoms with van der Waals surface area (Å²) in [5.74, 6) is -0.213. The van der Waals surface area contributed by atoms with Gasteiger partial charge in [-0.15, -0.1) is 0 Å². The van der Waals surface area contributed by atoms with Crippen molar-refractivity contribution in [1.82, 2.24) is 15.0 Å². The van der Waals surface area contributed by atoms with E-state index in [0.717, 1.165) is 54.2 Å². The summed E-state index contributed by atoms with van der Waals surface area (Å²) in [4.78, 5) is 34.4. The summed E-state index contributed by atoms with van der Waals surface area (Å²) < 4.78 is 5.26. The predicted molar refractivity (Wildman–Crippen MR) is 136 cm³/mol. The number of hydrazone groups is 1. The van der Waals surface area contributed by atoms with Crippen molar-refractivity contribution >= 4 is 61.6 Å². The first-order valence-electron chi connectivity index (χ1n) is 11.2. The van der Waals surface area contributed by atoms with Crippen LogP contribution in [0.4, 0.5) is 0 Å². The number of ether oxygens (including phenoxy) is 1. The Bertz CT molecular complexity index is 1780. The lowest BCUT2D eigenvalue weighted by molar-refractivity contribution is 0.0661. The van der Waals surface area contributed by atoms with Crippen molar-refractivity contribution in [3.63, 3.8) is 0 Å². The van der Waals surface area contributed by atoms with Crippen molar-refractivity contribution in [3.8, 4) is 5.75 Å². The lowest BCUT2D eigenvalue weighted by Crippen LogP contribution is -2.24. The van der Waals surface area contributed by atoms with Crippen LogP contribution in [-0.4, -0.2) is 40.1 Å². The van der Waals surface area contributed by atoms with Gasteiger partial charge in [0, 0.05) is 32.6 Å². The van der Waals surface area contributed by atoms with Crippen LogP contribution in [0.25, 0.3) is 43.6 Å². The van der Waals surface area contributed by atoms with E-state index in [1.165, 1.54) is 6.21 Å². The highest BCUT2D eigenvalue weighted by molar-refractivity contribution is 6.39. The zero-order valence-corrected chi connectivity index (χ0v) is 18.6. The van der Waals surface area contributed by atoms with Gasteiger partial charge in [0.1, 0.15) is 5.75 Å². The highest BCUT2D eigenvalue weighted by atomic mass is 16.5. The van der Waals surface area contributed by atoms with Gasteiger partial charge in [-0.25, -0.2) is 0 Å². The fraction of sp³-hybridized carbons (Fsp3) is 0.0357. The van der Waals surface area contributed by atoms with E-state index in [9.17, 15) is 9.59 Å². The molecule has 6 aromatic rings. The Morgan fingerprint density at radius 2 is 1.34 bits per heavy atom. The lowest BCUT2D eigenvalue weighted by atomic mass is 9.97. The quantitative estimate of drug-likeness (QED) is 0.267. The summed E-state index contributed by atoms with van der Waals surface area (Å²) in [5.41, 5.74) is 4.87. The van der Waals surface area contributed by atoms with Crippen molar-refractivity contribution in [3.05, 3.63) is 89.5 Å². The molecule has 3 heterocycles. The number of H-pyrrole nitrogens is 2. The maximum atomic E-state index is 13.8. The Labute approximate surface area is 198 Å². The van der Waals surface area contributed by atoms with Gasteiger partial charge in [0.15, 0.2) is 0 Å². The largest absolute Gasteiger partial charge is 0.497 e. The summed E-state index contributed by atoms with van der Waals surface area (Å²) in [6.07, 6.45) is 1.50. The molecule has 0 unspecified atom stereocenters. The van der Waals surface area contributed by atoms with E-state index in [1.54, 1.807) is 13.2 Å². The van der Waals surface area contributed by atoms with Gasteiger partial charge in [-0.2, -0.15) is 10.1 Å². The SMILES string of the molecule is COc1cccc(/C=N/N2C(=O)c3c(c4c5ccccc5[nH]c4c4[nH]c5ccccc5c34)C2=O)c1. The molecule has 168 valence electrons. The van der Waals surface area contributed by atoms with Gasteiger partial charge in [-0.1, -0.05) is 48.5 Å². The summed E-state index contributed by atoms with van der Waals surface area (Å²) in [6.45, 7) is 0. The van der Waals surface area contributed by atoms with Gasteiger partial charge in [0.05, 0.1) is 35.5 Å². The number of amides is 2. The van der Waals surface area contributed by atoms with Crippen LogP contribution in [0.15, 0.2) is 77.9 Å². The number of methoxy groups -OCH3 is 1. The smallest absolute Gasteiger partial charge is 0.283 e. The highest BCUT2D eigenvalue weighted by Gasteiger charge is 2.41. The van der Waals surface area contributed by atoms with Gasteiger partial charge in [-0.3, -0.25) is 9.59 Å². The average Bonchev–Trinajstić information content (AvgIpc) is 3.53. The first-order chi connectivity index (χ1) is 17.2. The fourth-order valence-corrected chi connectivity index (χ4v) is 5.11. The minimum absolute atomic E-state index is 0.377. The van der Waals surface area contributed by atoms with E-state index in [1.807, 2.05) is 66.7 Å². The Hall–Kier alpha value is -4.91. The maximum absolute atomic E-state index is 13.8. The zero-order chi connectivity index (χ0) is 23.7. The molecule has 35 heavy (non-hydrogen) atoms. The Balaban J connectivity index is 1.53. The van der Waals surface area contributed by atoms with Crippen molar-refractivity contribution in [2.24, 2.45) is 5.10 Å². The van der Waals surface area contributed by atoms with E-state index >= 15 is 0 Å². The molecular formula is C28H18N4O3. The number of imide groups is 1. The van der Waals surface area contributed by atoms with Crippen molar-refractivity contribution < 1.29 is 14.3 Å². The summed E-state index contributed by atoms with van der Waals surface area (Å²) in [5, 5.41) is 8.52. The number of carbonyl (C=O) groups excluding carboxylic acids is 2. The second-order valence-corrected chi connectivity index (χ2v) is 8.53. The molecule has 0 radical (unpaired) electrons. The number of hydrogen-bond acceptors (Lipinski definition) is 4. The number of carbonyl (C=O) groups is 2. The van der Waals surface area contributed by atoms with E-state index in [4.69, 9.17) is 4.74 Å². The summed E-state index contributed by atoms with van der Waals surface area (Å²) in [7, 11) is 1.58. The number of fused-ring (bicyclic) bond motifs is 10. The van der Waals surface area contributed by atoms with Gasteiger partial charge in [0.2, 0.25) is 0 Å². The molecule has 2 aromatic heterocycles. The van der Waals surface area contributed by atoms with Crippen molar-refractivity contribution in [2.45, 2.75) is 0 Å². The molecule has 1 aliphatic heterocycles. The number of nitrogens with one attached hydrogen (secondary N) is 2. The van der Waals surface area contributed by atoms with E-state index in [2.05, 4.69) is 15.1 Å². The molecule has 2 N–H and O–H groups in total. The number of nitrogens with zero attached hydrogens (tertiary/aromatic N) is 2. The molecule has 7 rings (SSSR count). The van der Waals surface area contributed by atoms with E-state index < -0.39 is 11.8 Å². The molecule has 7 heteroatoms. The number of aromatic nitrogens is 2. The minimum atomic E-state index is -0.439. The fourth-order valence-electron chi connectivity index (χ4n) is 5.11. The van der Waals surface area contributed by atoms with Gasteiger partial charge in [0.25, 0.3) is 11.8 Å². The van der Waals surface area contributed by atoms with Crippen LogP contribution in [0.1, 0.15) is 26.3 Å². The number of para-hydroxylation sites is 2. The highest BCUT2D eigenvalue weighted by Crippen LogP contribution is 2.43. The van der Waals surface area contributed by atoms with E-state index in [-0.39, 0.29) is 0 Å². The molecule has 0 saturated carbocycles. The van der Waals surface area contributed by atoms with Gasteiger partial charge < -0.3 is 14.7 Å². The molecule has 0 atom stereocenters. The molecular weight excluding hydrogens is 440 g/mol. The van der Waals surface area contributed by atoms with Crippen LogP contribution in [0.3, 0.4) is 0 Å². The number of rotatable bonds is 3. The Morgan fingerprint density at radius 3 is 1.91 bits per heavy atom. The van der Waals surface area contributed by atoms with Crippen LogP contribution in [-0.2, 0) is 0 Å². The standard InChI is InChI=1S/C28H18N4O3/c1-35-16-8-6-7-15(13-16)14-29-32-27(33)23-21-17-9-2-4-11-19(17)30-25(21)26-22(24(23)28(32)34)18-10-3-5-12-20(18)31-26/h2-14,30-31H,1H3/b29-14+. The van der Waals surface area contributed by atoms with Crippen molar-refractivity contribution in [2.75, 3.05) is 7.11 Å². The van der Waals surface area contributed by atoms with Crippen molar-refractivity contribution in [1.29, 1.82) is 0 Å². The van der Waals surface area contributed by atoms with Gasteiger partial charge in [-0.05, 0) is 29.8 Å². The molecule has 0 spiro atoms. The van der Waals surface area contributed by atoms with Gasteiger partial charge >= 0.3 is 0 Å². The minimum Gasteiger partial charge on any atom is -0.497 e. The third-order valence-electron chi connectivity index (χ3n) is 6.64. The molecule has 0 aliphatic carbocycles. The second kappa shape index (κ2) is 7.04. The van der Waals surface area contributed by atoms with Crippen LogP contribution >= 0.6 is 0 Å². The van der Waals surface area contributed by atoms with E-state index in [0.29, 0.717) is 16.9 Å². The lowest BCUT2D eigenvalue weighted by Gasteiger charge is -2.06. The number of aromatic amines is 2. The predicted octanol–water partition coefficient (Wildman–Crippen LogP) is 5.59. The topological polar surface area (TPSA) is 90.5 Å². The number of hydrogen-bond donors (Lipinski definition) is 2. The monoisotopic (exact) mass is 458 g/mol. The normalized spacial score (nSPS) is 13.8. The third-order valence-corrected chi connectivity index (χ3v) is 6.64. The summed E-state index contributed by atoms with van der Waals surface area (Å²) >= 11 is 0. The Morgan fingerprint density at radius 1 is 0.771 bits per heavy atom. The van der Waals surface area contributed by atoms with Crippen LogP contribution in [0.2, 0.25) is 0 Å². The zero-order valence-electron chi connectivity index (χ0n) is 18.6. The first kappa shape index (κ1) is 19.5. The maximum Gasteiger partial charge on any atom is 0.283 e. The molecule has 0 saturated heterocycles. The van der Waals surface area contributed by atoms with Crippen LogP contribution in [0.5, 0.6) is 5.75 Å². The molecule has 2 amide bonds. The summed E-state index contributed by atoms with van der Waals surface area (Å²) in [6, 6.07) is 22.9. The first-order valence-corrected chi connectivity index (χ1v) is 11.2. The number of benzene rings is 4. The molecule has 1 aliphatic rings. The Kier molecular flexibility index (Phi) is 3.93.